The Balaban J connectivity index is 1.52. The summed E-state index contributed by atoms with van der Waals surface area (Å²) in [6.45, 7) is 1.77. The van der Waals surface area contributed by atoms with Gasteiger partial charge < -0.3 is 14.5 Å². The molecule has 0 radical (unpaired) electrons. The zero-order valence-electron chi connectivity index (χ0n) is 17.8. The number of hydrogen-bond acceptors (Lipinski definition) is 6. The largest absolute Gasteiger partial charge is 0.490 e. The SMILES string of the molecule is CS(=O)(=O)c1ccc(OC2CCC2)c(C(=O)N2CCN(c3ccc(C#N)c(F)c3)CC2)c1. The van der Waals surface area contributed by atoms with E-state index >= 15 is 0 Å². The second-order valence-corrected chi connectivity index (χ2v) is 10.2. The van der Waals surface area contributed by atoms with Gasteiger partial charge in [0.15, 0.2) is 9.84 Å². The molecule has 1 aliphatic carbocycles. The second-order valence-electron chi connectivity index (χ2n) is 8.16. The summed E-state index contributed by atoms with van der Waals surface area (Å²) in [5.41, 5.74) is 0.895. The lowest BCUT2D eigenvalue weighted by molar-refractivity contribution is 0.0728. The first-order chi connectivity index (χ1) is 15.3. The summed E-state index contributed by atoms with van der Waals surface area (Å²) < 4.78 is 44.0. The third-order valence-corrected chi connectivity index (χ3v) is 7.07. The van der Waals surface area contributed by atoms with E-state index in [0.29, 0.717) is 37.6 Å². The van der Waals surface area contributed by atoms with Crippen molar-refractivity contribution in [3.05, 3.63) is 53.3 Å². The molecule has 4 rings (SSSR count). The number of carbonyl (C=O) groups excluding carboxylic acids is 1. The molecule has 1 heterocycles. The van der Waals surface area contributed by atoms with Gasteiger partial charge in [0.1, 0.15) is 17.6 Å². The monoisotopic (exact) mass is 457 g/mol. The Morgan fingerprint density at radius 2 is 1.84 bits per heavy atom. The van der Waals surface area contributed by atoms with E-state index in [0.717, 1.165) is 25.5 Å². The zero-order chi connectivity index (χ0) is 22.9. The molecule has 1 amide bonds. The minimum absolute atomic E-state index is 0.00712. The number of carbonyl (C=O) groups is 1. The normalized spacial score (nSPS) is 16.9. The van der Waals surface area contributed by atoms with Crippen LogP contribution in [0, 0.1) is 17.1 Å². The molecule has 0 atom stereocenters. The van der Waals surface area contributed by atoms with Crippen molar-refractivity contribution in [1.29, 1.82) is 5.26 Å². The van der Waals surface area contributed by atoms with Crippen LogP contribution in [0.25, 0.3) is 0 Å². The number of sulfone groups is 1. The van der Waals surface area contributed by atoms with Crippen LogP contribution in [-0.2, 0) is 9.84 Å². The highest BCUT2D eigenvalue weighted by Crippen LogP contribution is 2.30. The second kappa shape index (κ2) is 8.79. The molecule has 1 saturated carbocycles. The molecule has 1 saturated heterocycles. The van der Waals surface area contributed by atoms with E-state index < -0.39 is 15.7 Å². The van der Waals surface area contributed by atoms with Gasteiger partial charge >= 0.3 is 0 Å². The summed E-state index contributed by atoms with van der Waals surface area (Å²) in [5, 5.41) is 8.89. The van der Waals surface area contributed by atoms with Crippen molar-refractivity contribution in [1.82, 2.24) is 4.90 Å². The Hall–Kier alpha value is -3.12. The minimum Gasteiger partial charge on any atom is -0.490 e. The summed E-state index contributed by atoms with van der Waals surface area (Å²) in [5.74, 6) is -0.446. The van der Waals surface area contributed by atoms with E-state index in [1.54, 1.807) is 23.1 Å². The lowest BCUT2D eigenvalue weighted by atomic mass is 9.96. The molecule has 9 heteroatoms. The number of benzene rings is 2. The van der Waals surface area contributed by atoms with Crippen LogP contribution >= 0.6 is 0 Å². The van der Waals surface area contributed by atoms with Gasteiger partial charge in [0.05, 0.1) is 22.1 Å². The van der Waals surface area contributed by atoms with Gasteiger partial charge in [-0.15, -0.1) is 0 Å². The van der Waals surface area contributed by atoms with Crippen LogP contribution in [0.2, 0.25) is 0 Å². The number of amides is 1. The third-order valence-electron chi connectivity index (χ3n) is 5.96. The maximum atomic E-state index is 14.0. The van der Waals surface area contributed by atoms with Crippen LogP contribution in [0.3, 0.4) is 0 Å². The summed E-state index contributed by atoms with van der Waals surface area (Å²) >= 11 is 0. The first-order valence-corrected chi connectivity index (χ1v) is 12.4. The molecule has 7 nitrogen and oxygen atoms in total. The van der Waals surface area contributed by atoms with E-state index in [-0.39, 0.29) is 28.0 Å². The molecule has 2 aliphatic rings. The van der Waals surface area contributed by atoms with Gasteiger partial charge in [-0.05, 0) is 55.7 Å². The molecule has 0 unspecified atom stereocenters. The van der Waals surface area contributed by atoms with Gasteiger partial charge in [0.2, 0.25) is 0 Å². The molecule has 32 heavy (non-hydrogen) atoms. The molecule has 1 aliphatic heterocycles. The van der Waals surface area contributed by atoms with Crippen molar-refractivity contribution in [3.8, 4) is 11.8 Å². The van der Waals surface area contributed by atoms with Crippen LogP contribution in [0.15, 0.2) is 41.3 Å². The molecule has 0 aromatic heterocycles. The topological polar surface area (TPSA) is 90.7 Å². The highest BCUT2D eigenvalue weighted by Gasteiger charge is 2.28. The molecular formula is C23H24FN3O4S. The number of rotatable bonds is 5. The minimum atomic E-state index is -3.47. The van der Waals surface area contributed by atoms with Crippen LogP contribution in [-0.4, -0.2) is 57.8 Å². The fraction of sp³-hybridized carbons (Fsp3) is 0.391. The average Bonchev–Trinajstić information content (AvgIpc) is 2.75. The lowest BCUT2D eigenvalue weighted by Crippen LogP contribution is -2.49. The predicted molar refractivity (Wildman–Crippen MR) is 117 cm³/mol. The molecule has 0 bridgehead atoms. The quantitative estimate of drug-likeness (QED) is 0.686. The van der Waals surface area contributed by atoms with Crippen molar-refractivity contribution in [2.75, 3.05) is 37.3 Å². The number of anilines is 1. The van der Waals surface area contributed by atoms with Gasteiger partial charge in [-0.2, -0.15) is 5.26 Å². The first kappa shape index (κ1) is 22.1. The summed E-state index contributed by atoms with van der Waals surface area (Å²) in [6, 6.07) is 10.7. The Labute approximate surface area is 186 Å². The Kier molecular flexibility index (Phi) is 6.07. The molecule has 0 spiro atoms. The molecule has 2 fully saturated rings. The molecule has 2 aromatic rings. The van der Waals surface area contributed by atoms with Gasteiger partial charge in [-0.1, -0.05) is 0 Å². The fourth-order valence-corrected chi connectivity index (χ4v) is 4.45. The zero-order valence-corrected chi connectivity index (χ0v) is 18.6. The maximum Gasteiger partial charge on any atom is 0.257 e. The van der Waals surface area contributed by atoms with E-state index in [1.165, 1.54) is 24.3 Å². The van der Waals surface area contributed by atoms with Crippen LogP contribution in [0.5, 0.6) is 5.75 Å². The van der Waals surface area contributed by atoms with Crippen molar-refractivity contribution >= 4 is 21.4 Å². The standard InChI is InChI=1S/C23H24FN3O4S/c1-32(29,30)19-7-8-22(31-18-3-2-4-18)20(14-19)23(28)27-11-9-26(10-12-27)17-6-5-16(15-25)21(24)13-17/h5-8,13-14,18H,2-4,9-12H2,1H3. The number of nitriles is 1. The van der Waals surface area contributed by atoms with E-state index in [4.69, 9.17) is 10.00 Å². The van der Waals surface area contributed by atoms with Gasteiger partial charge in [0.25, 0.3) is 5.91 Å². The molecule has 2 aromatic carbocycles. The molecular weight excluding hydrogens is 433 g/mol. The summed E-state index contributed by atoms with van der Waals surface area (Å²) in [6.07, 6.45) is 4.07. The molecule has 0 N–H and O–H groups in total. The summed E-state index contributed by atoms with van der Waals surface area (Å²) in [4.78, 5) is 17.0. The van der Waals surface area contributed by atoms with Gasteiger partial charge in [-0.3, -0.25) is 4.79 Å². The highest BCUT2D eigenvalue weighted by atomic mass is 32.2. The van der Waals surface area contributed by atoms with Gasteiger partial charge in [-0.25, -0.2) is 12.8 Å². The van der Waals surface area contributed by atoms with Crippen molar-refractivity contribution < 1.29 is 22.3 Å². The van der Waals surface area contributed by atoms with E-state index in [2.05, 4.69) is 0 Å². The molecule has 168 valence electrons. The average molecular weight is 458 g/mol. The van der Waals surface area contributed by atoms with Crippen LogP contribution in [0.1, 0.15) is 35.2 Å². The van der Waals surface area contributed by atoms with E-state index in [9.17, 15) is 17.6 Å². The van der Waals surface area contributed by atoms with E-state index in [1.807, 2.05) is 4.90 Å². The van der Waals surface area contributed by atoms with Crippen molar-refractivity contribution in [3.63, 3.8) is 0 Å². The number of hydrogen-bond donors (Lipinski definition) is 0. The Morgan fingerprint density at radius 3 is 2.41 bits per heavy atom. The number of nitrogens with zero attached hydrogens (tertiary/aromatic N) is 3. The van der Waals surface area contributed by atoms with Gasteiger partial charge in [0, 0.05) is 38.1 Å². The Bertz CT molecular complexity index is 1180. The van der Waals surface area contributed by atoms with Crippen LogP contribution in [0.4, 0.5) is 10.1 Å². The third kappa shape index (κ3) is 4.55. The highest BCUT2D eigenvalue weighted by molar-refractivity contribution is 7.90. The first-order valence-electron chi connectivity index (χ1n) is 10.5. The number of piperazine rings is 1. The maximum absolute atomic E-state index is 14.0. The predicted octanol–water partition coefficient (Wildman–Crippen LogP) is 2.99. The number of halogens is 1. The number of ether oxygens (including phenoxy) is 1. The Morgan fingerprint density at radius 1 is 1.12 bits per heavy atom. The smallest absolute Gasteiger partial charge is 0.257 e. The lowest BCUT2D eigenvalue weighted by Gasteiger charge is -2.36. The van der Waals surface area contributed by atoms with Crippen LogP contribution < -0.4 is 9.64 Å². The summed E-state index contributed by atoms with van der Waals surface area (Å²) in [7, 11) is -3.47. The fourth-order valence-electron chi connectivity index (χ4n) is 3.81. The van der Waals surface area contributed by atoms with Crippen molar-refractivity contribution in [2.45, 2.75) is 30.3 Å². The van der Waals surface area contributed by atoms with Crippen molar-refractivity contribution in [2.24, 2.45) is 0 Å².